The molecule has 0 unspecified atom stereocenters. The highest BCUT2D eigenvalue weighted by atomic mass is 19.1. The first-order chi connectivity index (χ1) is 7.07. The van der Waals surface area contributed by atoms with Crippen LogP contribution in [0.4, 0.5) is 4.39 Å². The number of ether oxygens (including phenoxy) is 1. The Bertz CT molecular complexity index is 385. The number of benzene rings is 1. The Kier molecular flexibility index (Phi) is 2.43. The van der Waals surface area contributed by atoms with Gasteiger partial charge in [0.25, 0.3) is 0 Å². The van der Waals surface area contributed by atoms with Gasteiger partial charge in [-0.3, -0.25) is 0 Å². The Hall–Kier alpha value is -1.09. The van der Waals surface area contributed by atoms with E-state index in [0.29, 0.717) is 5.75 Å². The predicted molar refractivity (Wildman–Crippen MR) is 57.4 cm³/mol. The lowest BCUT2D eigenvalue weighted by molar-refractivity contribution is 0.250. The van der Waals surface area contributed by atoms with Crippen molar-refractivity contribution >= 4 is 0 Å². The first-order valence-electron chi connectivity index (χ1n) is 5.20. The third-order valence-electron chi connectivity index (χ3n) is 3.33. The fourth-order valence-electron chi connectivity index (χ4n) is 2.21. The van der Waals surface area contributed by atoms with Crippen molar-refractivity contribution in [3.05, 3.63) is 29.1 Å². The monoisotopic (exact) mass is 209 g/mol. The van der Waals surface area contributed by atoms with Crippen LogP contribution < -0.4 is 10.5 Å². The lowest BCUT2D eigenvalue weighted by Gasteiger charge is -2.39. The molecule has 82 valence electrons. The summed E-state index contributed by atoms with van der Waals surface area (Å²) in [6, 6.07) is 2.94. The lowest BCUT2D eigenvalue weighted by Crippen LogP contribution is -2.44. The lowest BCUT2D eigenvalue weighted by atomic mass is 9.71. The number of rotatable bonds is 2. The topological polar surface area (TPSA) is 35.2 Å². The summed E-state index contributed by atoms with van der Waals surface area (Å²) >= 11 is 0. The molecule has 0 radical (unpaired) electrons. The van der Waals surface area contributed by atoms with Gasteiger partial charge >= 0.3 is 0 Å². The second-order valence-corrected chi connectivity index (χ2v) is 4.29. The molecule has 3 heteroatoms. The third kappa shape index (κ3) is 1.61. The van der Waals surface area contributed by atoms with Crippen LogP contribution in [-0.4, -0.2) is 7.11 Å². The van der Waals surface area contributed by atoms with Crippen molar-refractivity contribution < 1.29 is 9.13 Å². The van der Waals surface area contributed by atoms with Crippen LogP contribution in [0.3, 0.4) is 0 Å². The summed E-state index contributed by atoms with van der Waals surface area (Å²) in [5, 5.41) is 0. The molecule has 0 saturated heterocycles. The summed E-state index contributed by atoms with van der Waals surface area (Å²) < 4.78 is 18.5. The second-order valence-electron chi connectivity index (χ2n) is 4.29. The van der Waals surface area contributed by atoms with E-state index in [9.17, 15) is 4.39 Å². The van der Waals surface area contributed by atoms with Crippen molar-refractivity contribution in [2.24, 2.45) is 5.73 Å². The molecule has 0 atom stereocenters. The minimum absolute atomic E-state index is 0.274. The van der Waals surface area contributed by atoms with Crippen molar-refractivity contribution in [2.75, 3.05) is 7.11 Å². The number of methoxy groups -OCH3 is 1. The molecule has 2 nitrogen and oxygen atoms in total. The molecule has 0 aliphatic heterocycles. The van der Waals surface area contributed by atoms with E-state index in [4.69, 9.17) is 10.5 Å². The van der Waals surface area contributed by atoms with Crippen LogP contribution in [0.15, 0.2) is 12.1 Å². The van der Waals surface area contributed by atoms with Crippen LogP contribution >= 0.6 is 0 Å². The number of halogens is 1. The molecule has 0 amide bonds. The van der Waals surface area contributed by atoms with E-state index >= 15 is 0 Å². The maximum Gasteiger partial charge on any atom is 0.127 e. The fourth-order valence-corrected chi connectivity index (χ4v) is 2.21. The van der Waals surface area contributed by atoms with Gasteiger partial charge in [0.05, 0.1) is 7.11 Å². The zero-order valence-electron chi connectivity index (χ0n) is 9.14. The Balaban J connectivity index is 2.50. The van der Waals surface area contributed by atoms with Crippen molar-refractivity contribution in [3.63, 3.8) is 0 Å². The summed E-state index contributed by atoms with van der Waals surface area (Å²) in [6.45, 7) is 1.93. The summed E-state index contributed by atoms with van der Waals surface area (Å²) in [4.78, 5) is 0. The van der Waals surface area contributed by atoms with Crippen LogP contribution in [0.1, 0.15) is 30.4 Å². The molecule has 0 spiro atoms. The van der Waals surface area contributed by atoms with Crippen LogP contribution in [0, 0.1) is 12.7 Å². The van der Waals surface area contributed by atoms with E-state index in [-0.39, 0.29) is 11.4 Å². The standard InChI is InChI=1S/C12H16FNO/c1-8-10(12(14)4-3-5-12)6-9(13)7-11(8)15-2/h6-7H,3-5,14H2,1-2H3. The highest BCUT2D eigenvalue weighted by molar-refractivity contribution is 5.44. The van der Waals surface area contributed by atoms with E-state index in [0.717, 1.165) is 30.4 Å². The van der Waals surface area contributed by atoms with Gasteiger partial charge in [-0.1, -0.05) is 0 Å². The minimum Gasteiger partial charge on any atom is -0.496 e. The van der Waals surface area contributed by atoms with Gasteiger partial charge < -0.3 is 10.5 Å². The van der Waals surface area contributed by atoms with Crippen molar-refractivity contribution in [1.29, 1.82) is 0 Å². The Labute approximate surface area is 89.2 Å². The van der Waals surface area contributed by atoms with Crippen molar-refractivity contribution in [1.82, 2.24) is 0 Å². The molecule has 1 fully saturated rings. The fraction of sp³-hybridized carbons (Fsp3) is 0.500. The zero-order chi connectivity index (χ0) is 11.1. The van der Waals surface area contributed by atoms with Gasteiger partial charge in [-0.05, 0) is 43.4 Å². The molecule has 1 aliphatic carbocycles. The van der Waals surface area contributed by atoms with Gasteiger partial charge in [0.2, 0.25) is 0 Å². The maximum absolute atomic E-state index is 13.3. The normalized spacial score (nSPS) is 18.4. The van der Waals surface area contributed by atoms with Crippen molar-refractivity contribution in [3.8, 4) is 5.75 Å². The Morgan fingerprint density at radius 3 is 2.53 bits per heavy atom. The SMILES string of the molecule is COc1cc(F)cc(C2(N)CCC2)c1C. The number of nitrogens with two attached hydrogens (primary N) is 1. The van der Waals surface area contributed by atoms with E-state index in [1.54, 1.807) is 7.11 Å². The molecule has 1 aromatic rings. The van der Waals surface area contributed by atoms with Gasteiger partial charge in [0, 0.05) is 11.6 Å². The summed E-state index contributed by atoms with van der Waals surface area (Å²) in [5.74, 6) is 0.311. The van der Waals surface area contributed by atoms with Crippen LogP contribution in [0.2, 0.25) is 0 Å². The first-order valence-corrected chi connectivity index (χ1v) is 5.20. The maximum atomic E-state index is 13.3. The summed E-state index contributed by atoms with van der Waals surface area (Å²) in [7, 11) is 1.55. The number of hydrogen-bond acceptors (Lipinski definition) is 2. The van der Waals surface area contributed by atoms with E-state index in [1.165, 1.54) is 12.1 Å². The largest absolute Gasteiger partial charge is 0.496 e. The first kappa shape index (κ1) is 10.4. The van der Waals surface area contributed by atoms with Gasteiger partial charge in [0.1, 0.15) is 11.6 Å². The highest BCUT2D eigenvalue weighted by Crippen LogP contribution is 2.42. The summed E-state index contributed by atoms with van der Waals surface area (Å²) in [6.07, 6.45) is 2.98. The Morgan fingerprint density at radius 1 is 1.40 bits per heavy atom. The molecule has 2 N–H and O–H groups in total. The van der Waals surface area contributed by atoms with E-state index in [1.807, 2.05) is 6.92 Å². The molecule has 2 rings (SSSR count). The molecule has 1 saturated carbocycles. The van der Waals surface area contributed by atoms with Gasteiger partial charge in [0.15, 0.2) is 0 Å². The molecule has 1 aromatic carbocycles. The van der Waals surface area contributed by atoms with Gasteiger partial charge in [-0.15, -0.1) is 0 Å². The molecule has 0 aromatic heterocycles. The molecular formula is C12H16FNO. The molecule has 0 bridgehead atoms. The molecular weight excluding hydrogens is 193 g/mol. The van der Waals surface area contributed by atoms with Crippen LogP contribution in [-0.2, 0) is 5.54 Å². The second kappa shape index (κ2) is 3.49. The Morgan fingerprint density at radius 2 is 2.07 bits per heavy atom. The van der Waals surface area contributed by atoms with Crippen LogP contribution in [0.25, 0.3) is 0 Å². The third-order valence-corrected chi connectivity index (χ3v) is 3.33. The van der Waals surface area contributed by atoms with Gasteiger partial charge in [-0.2, -0.15) is 0 Å². The summed E-state index contributed by atoms with van der Waals surface area (Å²) in [5.41, 5.74) is 7.71. The van der Waals surface area contributed by atoms with Crippen LogP contribution in [0.5, 0.6) is 5.75 Å². The van der Waals surface area contributed by atoms with E-state index < -0.39 is 0 Å². The predicted octanol–water partition coefficient (Wildman–Crippen LogP) is 2.48. The smallest absolute Gasteiger partial charge is 0.127 e. The number of hydrogen-bond donors (Lipinski definition) is 1. The average Bonchev–Trinajstić information content (AvgIpc) is 2.17. The van der Waals surface area contributed by atoms with Gasteiger partial charge in [-0.25, -0.2) is 4.39 Å². The minimum atomic E-state index is -0.334. The average molecular weight is 209 g/mol. The van der Waals surface area contributed by atoms with Crippen molar-refractivity contribution in [2.45, 2.75) is 31.7 Å². The highest BCUT2D eigenvalue weighted by Gasteiger charge is 2.36. The van der Waals surface area contributed by atoms with E-state index in [2.05, 4.69) is 0 Å². The quantitative estimate of drug-likeness (QED) is 0.812. The molecule has 0 heterocycles. The molecule has 15 heavy (non-hydrogen) atoms. The zero-order valence-corrected chi connectivity index (χ0v) is 9.14. The molecule has 1 aliphatic rings.